The van der Waals surface area contributed by atoms with E-state index in [2.05, 4.69) is 0 Å². The van der Waals surface area contributed by atoms with Crippen LogP contribution in [-0.4, -0.2) is 31.8 Å². The van der Waals surface area contributed by atoms with Crippen LogP contribution in [0.15, 0.2) is 42.5 Å². The summed E-state index contributed by atoms with van der Waals surface area (Å²) in [6.07, 6.45) is 0.310. The molecule has 4 aliphatic rings. The van der Waals surface area contributed by atoms with E-state index in [1.807, 2.05) is 24.3 Å². The molecule has 2 aromatic carbocycles. The van der Waals surface area contributed by atoms with E-state index in [1.54, 1.807) is 18.2 Å². The first-order valence-electron chi connectivity index (χ1n) is 9.28. The van der Waals surface area contributed by atoms with Gasteiger partial charge in [-0.15, -0.1) is 0 Å². The van der Waals surface area contributed by atoms with Gasteiger partial charge in [-0.25, -0.2) is 4.90 Å². The number of anilines is 1. The Kier molecular flexibility index (Phi) is 3.59. The summed E-state index contributed by atoms with van der Waals surface area (Å²) in [5, 5.41) is 0. The van der Waals surface area contributed by atoms with E-state index in [4.69, 9.17) is 9.47 Å². The van der Waals surface area contributed by atoms with E-state index in [0.717, 1.165) is 11.1 Å². The molecule has 0 N–H and O–H groups in total. The molecule has 4 atom stereocenters. The van der Waals surface area contributed by atoms with E-state index in [1.165, 1.54) is 19.1 Å². The molecule has 1 aliphatic heterocycles. The van der Waals surface area contributed by atoms with Gasteiger partial charge < -0.3 is 9.47 Å². The molecule has 0 radical (unpaired) electrons. The molecule has 0 aromatic heterocycles. The van der Waals surface area contributed by atoms with Crippen molar-refractivity contribution in [1.82, 2.24) is 0 Å². The highest BCUT2D eigenvalue weighted by atomic mass is 16.5. The third kappa shape index (κ3) is 2.06. The van der Waals surface area contributed by atoms with Crippen LogP contribution in [0.2, 0.25) is 0 Å². The van der Waals surface area contributed by atoms with Crippen molar-refractivity contribution < 1.29 is 23.9 Å². The van der Waals surface area contributed by atoms with Gasteiger partial charge in [0.25, 0.3) is 0 Å². The number of amides is 2. The molecular formula is C22H19NO5. The molecule has 28 heavy (non-hydrogen) atoms. The van der Waals surface area contributed by atoms with Crippen LogP contribution in [0.1, 0.15) is 29.4 Å². The minimum atomic E-state index is -0.649. The zero-order chi connectivity index (χ0) is 19.6. The second-order valence-electron chi connectivity index (χ2n) is 7.48. The van der Waals surface area contributed by atoms with Crippen molar-refractivity contribution in [3.05, 3.63) is 53.6 Å². The largest absolute Gasteiger partial charge is 0.497 e. The van der Waals surface area contributed by atoms with Crippen molar-refractivity contribution in [3.63, 3.8) is 0 Å². The highest BCUT2D eigenvalue weighted by Crippen LogP contribution is 2.58. The number of fused-ring (bicyclic) bond motifs is 1. The first-order valence-corrected chi connectivity index (χ1v) is 9.28. The smallest absolute Gasteiger partial charge is 0.238 e. The lowest BCUT2D eigenvalue weighted by Crippen LogP contribution is -2.44. The molecule has 1 saturated heterocycles. The van der Waals surface area contributed by atoms with Crippen molar-refractivity contribution in [2.24, 2.45) is 11.8 Å². The van der Waals surface area contributed by atoms with Gasteiger partial charge in [0.2, 0.25) is 11.8 Å². The highest BCUT2D eigenvalue weighted by Gasteiger charge is 2.63. The first-order chi connectivity index (χ1) is 13.6. The molecule has 2 aromatic rings. The number of nitrogens with zero attached hydrogens (tertiary/aromatic N) is 1. The molecule has 2 fully saturated rings. The predicted octanol–water partition coefficient (Wildman–Crippen LogP) is 2.66. The van der Waals surface area contributed by atoms with E-state index >= 15 is 0 Å². The lowest BCUT2D eigenvalue weighted by molar-refractivity contribution is -0.134. The molecule has 6 nitrogen and oxygen atoms in total. The summed E-state index contributed by atoms with van der Waals surface area (Å²) in [5.41, 5.74) is 2.28. The number of hydrogen-bond donors (Lipinski definition) is 0. The average Bonchev–Trinajstić information content (AvgIpc) is 2.99. The van der Waals surface area contributed by atoms with Gasteiger partial charge in [-0.05, 0) is 23.3 Å². The second-order valence-corrected chi connectivity index (χ2v) is 7.48. The molecule has 6 heteroatoms. The number of hydrogen-bond acceptors (Lipinski definition) is 5. The monoisotopic (exact) mass is 377 g/mol. The van der Waals surface area contributed by atoms with E-state index in [-0.39, 0.29) is 23.5 Å². The number of rotatable bonds is 3. The molecule has 6 rings (SSSR count). The molecule has 3 aliphatic carbocycles. The number of ketones is 1. The number of carbonyl (C=O) groups excluding carboxylic acids is 3. The summed E-state index contributed by atoms with van der Waals surface area (Å²) < 4.78 is 10.7. The molecular weight excluding hydrogens is 358 g/mol. The Bertz CT molecular complexity index is 1030. The summed E-state index contributed by atoms with van der Waals surface area (Å²) in [7, 11) is 3.01. The normalized spacial score (nSPS) is 27.6. The van der Waals surface area contributed by atoms with Crippen LogP contribution in [0, 0.1) is 11.8 Å². The van der Waals surface area contributed by atoms with E-state index in [9.17, 15) is 14.4 Å². The topological polar surface area (TPSA) is 72.9 Å². The molecule has 2 bridgehead atoms. The van der Waals surface area contributed by atoms with Crippen molar-refractivity contribution in [2.45, 2.75) is 18.3 Å². The van der Waals surface area contributed by atoms with Crippen molar-refractivity contribution in [3.8, 4) is 11.5 Å². The van der Waals surface area contributed by atoms with E-state index < -0.39 is 17.8 Å². The van der Waals surface area contributed by atoms with Gasteiger partial charge >= 0.3 is 0 Å². The number of methoxy groups -OCH3 is 2. The summed E-state index contributed by atoms with van der Waals surface area (Å²) in [4.78, 5) is 40.8. The Morgan fingerprint density at radius 2 is 1.61 bits per heavy atom. The molecule has 2 amide bonds. The van der Waals surface area contributed by atoms with Crippen LogP contribution in [0.25, 0.3) is 0 Å². The summed E-state index contributed by atoms with van der Waals surface area (Å²) in [6.45, 7) is 0. The van der Waals surface area contributed by atoms with Gasteiger partial charge in [-0.1, -0.05) is 24.3 Å². The van der Waals surface area contributed by atoms with Crippen molar-refractivity contribution in [1.29, 1.82) is 0 Å². The third-order valence-electron chi connectivity index (χ3n) is 6.32. The zero-order valence-corrected chi connectivity index (χ0v) is 15.5. The quantitative estimate of drug-likeness (QED) is 0.769. The number of ether oxygens (including phenoxy) is 2. The molecule has 142 valence electrons. The Morgan fingerprint density at radius 3 is 2.32 bits per heavy atom. The second kappa shape index (κ2) is 5.92. The standard InChI is InChI=1S/C22H19NO5/c1-27-11-7-8-17(28-2)15(9-11)23-21(25)19-14-10-16(24)18(20(19)22(23)26)13-6-4-3-5-12(13)14/h3-9,14,18-20H,10H2,1-2H3/t14-,18-,19-,20+/m1/s1. The Balaban J connectivity index is 1.65. The van der Waals surface area contributed by atoms with Crippen molar-refractivity contribution in [2.75, 3.05) is 19.1 Å². The van der Waals surface area contributed by atoms with Crippen LogP contribution in [0.5, 0.6) is 11.5 Å². The number of carbonyl (C=O) groups is 3. The van der Waals surface area contributed by atoms with Crippen LogP contribution >= 0.6 is 0 Å². The van der Waals surface area contributed by atoms with Gasteiger partial charge in [-0.2, -0.15) is 0 Å². The van der Waals surface area contributed by atoms with Gasteiger partial charge in [0, 0.05) is 18.4 Å². The summed E-state index contributed by atoms with van der Waals surface area (Å²) >= 11 is 0. The maximum absolute atomic E-state index is 13.4. The van der Waals surface area contributed by atoms with Gasteiger partial charge in [0.1, 0.15) is 17.3 Å². The first kappa shape index (κ1) is 17.0. The van der Waals surface area contributed by atoms with Crippen LogP contribution in [0.3, 0.4) is 0 Å². The number of Topliss-reactive ketones (excluding diaryl/α,β-unsaturated/α-hetero) is 1. The zero-order valence-electron chi connectivity index (χ0n) is 15.5. The fourth-order valence-electron chi connectivity index (χ4n) is 5.17. The SMILES string of the molecule is COc1ccc(OC)c(N2C(=O)[C@@H]3[C@H](C2=O)[C@@H]2CC(=O)[C@H]3c3ccccc32)c1. The lowest BCUT2D eigenvalue weighted by atomic mass is 9.56. The van der Waals surface area contributed by atoms with Crippen LogP contribution in [0.4, 0.5) is 5.69 Å². The highest BCUT2D eigenvalue weighted by molar-refractivity contribution is 6.25. The summed E-state index contributed by atoms with van der Waals surface area (Å²) in [5.74, 6) is -1.58. The average molecular weight is 377 g/mol. The lowest BCUT2D eigenvalue weighted by Gasteiger charge is -2.43. The van der Waals surface area contributed by atoms with Crippen molar-refractivity contribution >= 4 is 23.3 Å². The minimum Gasteiger partial charge on any atom is -0.497 e. The molecule has 1 saturated carbocycles. The fourth-order valence-corrected chi connectivity index (χ4v) is 5.17. The Hall–Kier alpha value is -3.15. The Morgan fingerprint density at radius 1 is 0.893 bits per heavy atom. The molecule has 0 unspecified atom stereocenters. The molecule has 0 spiro atoms. The maximum Gasteiger partial charge on any atom is 0.238 e. The van der Waals surface area contributed by atoms with Crippen LogP contribution < -0.4 is 14.4 Å². The Labute approximate surface area is 162 Å². The minimum absolute atomic E-state index is 0.0468. The van der Waals surface area contributed by atoms with E-state index in [0.29, 0.717) is 23.6 Å². The van der Waals surface area contributed by atoms with Crippen LogP contribution in [-0.2, 0) is 14.4 Å². The van der Waals surface area contributed by atoms with Gasteiger partial charge in [0.05, 0.1) is 37.7 Å². The van der Waals surface area contributed by atoms with Gasteiger partial charge in [0.15, 0.2) is 0 Å². The fraction of sp³-hybridized carbons (Fsp3) is 0.318. The number of imide groups is 1. The molecule has 1 heterocycles. The third-order valence-corrected chi connectivity index (χ3v) is 6.32. The maximum atomic E-state index is 13.4. The van der Waals surface area contributed by atoms with Gasteiger partial charge in [-0.3, -0.25) is 14.4 Å². The predicted molar refractivity (Wildman–Crippen MR) is 101 cm³/mol. The summed E-state index contributed by atoms with van der Waals surface area (Å²) in [6, 6.07) is 12.7. The number of benzene rings is 2.